The standard InChI is InChI=1S/C7H7NO4S/c9-8(10)7-3-1-2-6(4-7)5-13(11)12/h1-4H,5H2,(H,11,12)/p-1. The second-order valence-electron chi connectivity index (χ2n) is 2.38. The van der Waals surface area contributed by atoms with Crippen molar-refractivity contribution < 1.29 is 13.7 Å². The Labute approximate surface area is 76.8 Å². The van der Waals surface area contributed by atoms with E-state index in [0.29, 0.717) is 5.56 Å². The molecule has 13 heavy (non-hydrogen) atoms. The average molecular weight is 200 g/mol. The molecule has 0 bridgehead atoms. The normalized spacial score (nSPS) is 12.4. The van der Waals surface area contributed by atoms with Gasteiger partial charge < -0.3 is 4.55 Å². The van der Waals surface area contributed by atoms with Crippen LogP contribution in [0.1, 0.15) is 5.56 Å². The van der Waals surface area contributed by atoms with E-state index in [9.17, 15) is 18.9 Å². The zero-order chi connectivity index (χ0) is 9.84. The lowest BCUT2D eigenvalue weighted by Gasteiger charge is -2.03. The molecule has 1 aromatic carbocycles. The Bertz CT molecular complexity index is 352. The molecule has 0 fully saturated rings. The number of non-ortho nitro benzene ring substituents is 1. The molecule has 6 heteroatoms. The van der Waals surface area contributed by atoms with Gasteiger partial charge in [0.2, 0.25) is 0 Å². The maximum atomic E-state index is 10.3. The molecule has 0 N–H and O–H groups in total. The number of benzene rings is 1. The highest BCUT2D eigenvalue weighted by atomic mass is 32.2. The Morgan fingerprint density at radius 3 is 2.69 bits per heavy atom. The van der Waals surface area contributed by atoms with Crippen LogP contribution in [0.5, 0.6) is 0 Å². The van der Waals surface area contributed by atoms with Crippen LogP contribution in [0, 0.1) is 10.1 Å². The summed E-state index contributed by atoms with van der Waals surface area (Å²) in [4.78, 5) is 9.73. The second kappa shape index (κ2) is 4.11. The highest BCUT2D eigenvalue weighted by Crippen LogP contribution is 2.13. The van der Waals surface area contributed by atoms with E-state index in [2.05, 4.69) is 0 Å². The van der Waals surface area contributed by atoms with Crippen LogP contribution in [0.25, 0.3) is 0 Å². The summed E-state index contributed by atoms with van der Waals surface area (Å²) < 4.78 is 20.6. The van der Waals surface area contributed by atoms with Gasteiger partial charge in [-0.2, -0.15) is 0 Å². The molecule has 0 spiro atoms. The molecule has 0 aliphatic rings. The zero-order valence-corrected chi connectivity index (χ0v) is 7.32. The summed E-state index contributed by atoms with van der Waals surface area (Å²) in [6.45, 7) is 0. The Hall–Kier alpha value is -1.27. The number of nitro benzene ring substituents is 1. The van der Waals surface area contributed by atoms with Crippen molar-refractivity contribution >= 4 is 16.8 Å². The Balaban J connectivity index is 2.91. The minimum absolute atomic E-state index is 0.0945. The fourth-order valence-corrected chi connectivity index (χ4v) is 1.35. The summed E-state index contributed by atoms with van der Waals surface area (Å²) in [5.74, 6) is -0.193. The predicted octanol–water partition coefficient (Wildman–Crippen LogP) is 0.974. The number of hydrogen-bond donors (Lipinski definition) is 0. The minimum atomic E-state index is -2.21. The van der Waals surface area contributed by atoms with Crippen molar-refractivity contribution in [2.45, 2.75) is 5.75 Å². The van der Waals surface area contributed by atoms with Crippen molar-refractivity contribution in [3.8, 4) is 0 Å². The van der Waals surface area contributed by atoms with Gasteiger partial charge in [-0.1, -0.05) is 23.2 Å². The lowest BCUT2D eigenvalue weighted by Crippen LogP contribution is -1.95. The number of hydrogen-bond acceptors (Lipinski definition) is 4. The van der Waals surface area contributed by atoms with Gasteiger partial charge in [-0.05, 0) is 5.56 Å². The summed E-state index contributed by atoms with van der Waals surface area (Å²) >= 11 is -2.21. The summed E-state index contributed by atoms with van der Waals surface area (Å²) in [6, 6.07) is 5.55. The number of rotatable bonds is 3. The van der Waals surface area contributed by atoms with Crippen LogP contribution in [0.15, 0.2) is 24.3 Å². The molecule has 0 radical (unpaired) electrons. The molecule has 0 aliphatic heterocycles. The van der Waals surface area contributed by atoms with E-state index in [4.69, 9.17) is 0 Å². The van der Waals surface area contributed by atoms with Crippen LogP contribution in [0.3, 0.4) is 0 Å². The van der Waals surface area contributed by atoms with Gasteiger partial charge in [0, 0.05) is 17.9 Å². The van der Waals surface area contributed by atoms with E-state index >= 15 is 0 Å². The zero-order valence-electron chi connectivity index (χ0n) is 6.50. The third-order valence-corrected chi connectivity index (χ3v) is 1.97. The van der Waals surface area contributed by atoms with Gasteiger partial charge in [0.25, 0.3) is 5.69 Å². The molecular weight excluding hydrogens is 194 g/mol. The van der Waals surface area contributed by atoms with Crippen LogP contribution < -0.4 is 0 Å². The molecule has 5 nitrogen and oxygen atoms in total. The van der Waals surface area contributed by atoms with Gasteiger partial charge in [-0.3, -0.25) is 14.3 Å². The fraction of sp³-hybridized carbons (Fsp3) is 0.143. The van der Waals surface area contributed by atoms with E-state index in [1.54, 1.807) is 0 Å². The molecule has 1 aromatic rings. The second-order valence-corrected chi connectivity index (χ2v) is 3.27. The molecule has 0 aromatic heterocycles. The molecule has 1 rings (SSSR count). The number of nitrogens with zero attached hydrogens (tertiary/aromatic N) is 1. The molecule has 0 saturated heterocycles. The lowest BCUT2D eigenvalue weighted by molar-refractivity contribution is -0.384. The average Bonchev–Trinajstić information content (AvgIpc) is 2.03. The molecule has 0 heterocycles. The molecule has 1 unspecified atom stereocenters. The molecule has 1 atom stereocenters. The predicted molar refractivity (Wildman–Crippen MR) is 45.7 cm³/mol. The van der Waals surface area contributed by atoms with Crippen LogP contribution in [0.2, 0.25) is 0 Å². The molecule has 0 amide bonds. The van der Waals surface area contributed by atoms with Crippen LogP contribution in [-0.2, 0) is 16.8 Å². The van der Waals surface area contributed by atoms with E-state index in [1.807, 2.05) is 0 Å². The molecule has 70 valence electrons. The Kier molecular flexibility index (Phi) is 3.10. The fourth-order valence-electron chi connectivity index (χ4n) is 0.896. The molecular formula is C7H6NO4S-. The lowest BCUT2D eigenvalue weighted by atomic mass is 10.2. The quantitative estimate of drug-likeness (QED) is 0.413. The van der Waals surface area contributed by atoms with Crippen molar-refractivity contribution in [3.05, 3.63) is 39.9 Å². The van der Waals surface area contributed by atoms with Crippen LogP contribution >= 0.6 is 0 Å². The molecule has 0 saturated carbocycles. The highest BCUT2D eigenvalue weighted by molar-refractivity contribution is 7.78. The van der Waals surface area contributed by atoms with E-state index < -0.39 is 16.0 Å². The van der Waals surface area contributed by atoms with E-state index in [1.165, 1.54) is 24.3 Å². The highest BCUT2D eigenvalue weighted by Gasteiger charge is 2.04. The molecule has 0 aliphatic carbocycles. The van der Waals surface area contributed by atoms with Gasteiger partial charge in [-0.15, -0.1) is 0 Å². The first-order chi connectivity index (χ1) is 6.09. The van der Waals surface area contributed by atoms with E-state index in [-0.39, 0.29) is 11.4 Å². The summed E-state index contributed by atoms with van der Waals surface area (Å²) in [5.41, 5.74) is 0.325. The van der Waals surface area contributed by atoms with Gasteiger partial charge in [0.1, 0.15) is 0 Å². The maximum absolute atomic E-state index is 10.3. The van der Waals surface area contributed by atoms with Crippen molar-refractivity contribution in [2.24, 2.45) is 0 Å². The van der Waals surface area contributed by atoms with Gasteiger partial charge in [-0.25, -0.2) is 0 Å². The third-order valence-electron chi connectivity index (χ3n) is 1.41. The first-order valence-electron chi connectivity index (χ1n) is 3.39. The van der Waals surface area contributed by atoms with E-state index in [0.717, 1.165) is 0 Å². The van der Waals surface area contributed by atoms with Crippen molar-refractivity contribution in [1.29, 1.82) is 0 Å². The van der Waals surface area contributed by atoms with Gasteiger partial charge >= 0.3 is 0 Å². The minimum Gasteiger partial charge on any atom is -0.772 e. The van der Waals surface area contributed by atoms with Crippen LogP contribution in [-0.4, -0.2) is 13.7 Å². The Morgan fingerprint density at radius 1 is 1.46 bits per heavy atom. The van der Waals surface area contributed by atoms with Crippen molar-refractivity contribution in [2.75, 3.05) is 0 Å². The first kappa shape index (κ1) is 9.82. The van der Waals surface area contributed by atoms with Gasteiger partial charge in [0.15, 0.2) is 0 Å². The summed E-state index contributed by atoms with van der Waals surface area (Å²) in [6.07, 6.45) is 0. The topological polar surface area (TPSA) is 83.3 Å². The smallest absolute Gasteiger partial charge is 0.269 e. The van der Waals surface area contributed by atoms with Gasteiger partial charge in [0.05, 0.1) is 4.92 Å². The largest absolute Gasteiger partial charge is 0.772 e. The van der Waals surface area contributed by atoms with Crippen LogP contribution in [0.4, 0.5) is 5.69 Å². The maximum Gasteiger partial charge on any atom is 0.269 e. The number of nitro groups is 1. The first-order valence-corrected chi connectivity index (χ1v) is 4.63. The SMILES string of the molecule is O=[N+]([O-])c1cccc(CS(=O)[O-])c1. The Morgan fingerprint density at radius 2 is 2.15 bits per heavy atom. The van der Waals surface area contributed by atoms with Crippen molar-refractivity contribution in [3.63, 3.8) is 0 Å². The summed E-state index contributed by atoms with van der Waals surface area (Å²) in [7, 11) is 0. The van der Waals surface area contributed by atoms with Crippen molar-refractivity contribution in [1.82, 2.24) is 0 Å². The summed E-state index contributed by atoms with van der Waals surface area (Å²) in [5, 5.41) is 10.3. The third kappa shape index (κ3) is 2.92. The monoisotopic (exact) mass is 200 g/mol.